The number of aliphatic carboxylic acids is 1. The molecule has 0 N–H and O–H groups in total. The number of hydrogen-bond acceptors (Lipinski definition) is 6. The molecule has 128 valence electrons. The molecule has 0 amide bonds. The van der Waals surface area contributed by atoms with Crippen LogP contribution in [0, 0.1) is 6.92 Å². The molecule has 0 spiro atoms. The van der Waals surface area contributed by atoms with E-state index in [-0.39, 0.29) is 33.7 Å². The van der Waals surface area contributed by atoms with E-state index >= 15 is 0 Å². The van der Waals surface area contributed by atoms with Crippen LogP contribution in [0.3, 0.4) is 0 Å². The summed E-state index contributed by atoms with van der Waals surface area (Å²) in [5.74, 6) is -0.286. The average Bonchev–Trinajstić information content (AvgIpc) is 2.58. The van der Waals surface area contributed by atoms with Crippen molar-refractivity contribution in [3.8, 4) is 17.2 Å². The first-order valence-electron chi connectivity index (χ1n) is 7.27. The highest BCUT2D eigenvalue weighted by molar-refractivity contribution is 6.30. The van der Waals surface area contributed by atoms with Crippen LogP contribution in [0.5, 0.6) is 17.2 Å². The third-order valence-electron chi connectivity index (χ3n) is 3.38. The van der Waals surface area contributed by atoms with Gasteiger partial charge in [0.2, 0.25) is 11.2 Å². The molecule has 6 nitrogen and oxygen atoms in total. The van der Waals surface area contributed by atoms with E-state index in [1.54, 1.807) is 31.2 Å². The number of benzene rings is 2. The molecule has 7 heteroatoms. The van der Waals surface area contributed by atoms with Crippen molar-refractivity contribution in [1.29, 1.82) is 0 Å². The molecule has 0 atom stereocenters. The lowest BCUT2D eigenvalue weighted by molar-refractivity contribution is -0.307. The van der Waals surface area contributed by atoms with Crippen molar-refractivity contribution in [2.24, 2.45) is 0 Å². The van der Waals surface area contributed by atoms with Gasteiger partial charge in [-0.2, -0.15) is 0 Å². The third-order valence-corrected chi connectivity index (χ3v) is 3.63. The average molecular weight is 360 g/mol. The lowest BCUT2D eigenvalue weighted by Crippen LogP contribution is -2.28. The van der Waals surface area contributed by atoms with Gasteiger partial charge in [-0.3, -0.25) is 4.79 Å². The zero-order valence-corrected chi connectivity index (χ0v) is 13.8. The Hall–Kier alpha value is -2.99. The zero-order chi connectivity index (χ0) is 18.0. The summed E-state index contributed by atoms with van der Waals surface area (Å²) >= 11 is 5.83. The van der Waals surface area contributed by atoms with Crippen LogP contribution in [-0.2, 0) is 4.79 Å². The minimum Gasteiger partial charge on any atom is -0.546 e. The van der Waals surface area contributed by atoms with Crippen LogP contribution < -0.4 is 20.0 Å². The predicted octanol–water partition coefficient (Wildman–Crippen LogP) is 2.68. The van der Waals surface area contributed by atoms with Gasteiger partial charge in [0.05, 0.1) is 11.4 Å². The molecular formula is C18H12ClO6-. The van der Waals surface area contributed by atoms with E-state index in [1.165, 1.54) is 18.2 Å². The topological polar surface area (TPSA) is 88.8 Å². The van der Waals surface area contributed by atoms with E-state index < -0.39 is 12.6 Å². The Balaban J connectivity index is 1.98. The van der Waals surface area contributed by atoms with Crippen LogP contribution in [0.2, 0.25) is 5.02 Å². The summed E-state index contributed by atoms with van der Waals surface area (Å²) in [6.45, 7) is 1.01. The second-order valence-corrected chi connectivity index (χ2v) is 5.63. The molecule has 1 heterocycles. The van der Waals surface area contributed by atoms with Gasteiger partial charge < -0.3 is 23.8 Å². The van der Waals surface area contributed by atoms with E-state index in [0.717, 1.165) is 0 Å². The van der Waals surface area contributed by atoms with E-state index in [9.17, 15) is 14.7 Å². The van der Waals surface area contributed by atoms with Crippen molar-refractivity contribution in [3.05, 3.63) is 63.5 Å². The van der Waals surface area contributed by atoms with Crippen molar-refractivity contribution in [1.82, 2.24) is 0 Å². The standard InChI is InChI=1S/C18H13ClO6/c1-10-18(25-12-4-2-11(19)3-5-12)17(22)14-7-6-13(8-15(14)24-10)23-9-16(20)21/h2-8H,9H2,1H3,(H,20,21)/p-1. The fourth-order valence-corrected chi connectivity index (χ4v) is 2.36. The Bertz CT molecular complexity index is 991. The fraction of sp³-hybridized carbons (Fsp3) is 0.111. The first-order valence-corrected chi connectivity index (χ1v) is 7.65. The maximum atomic E-state index is 12.6. The molecule has 0 bridgehead atoms. The second-order valence-electron chi connectivity index (χ2n) is 5.19. The quantitative estimate of drug-likeness (QED) is 0.695. The van der Waals surface area contributed by atoms with Gasteiger partial charge in [0.15, 0.2) is 0 Å². The Morgan fingerprint density at radius 2 is 1.84 bits per heavy atom. The summed E-state index contributed by atoms with van der Waals surface area (Å²) < 4.78 is 16.3. The van der Waals surface area contributed by atoms with Gasteiger partial charge in [-0.25, -0.2) is 0 Å². The van der Waals surface area contributed by atoms with Gasteiger partial charge in [-0.05, 0) is 43.3 Å². The van der Waals surface area contributed by atoms with Gasteiger partial charge in [0.25, 0.3) is 0 Å². The monoisotopic (exact) mass is 359 g/mol. The fourth-order valence-electron chi connectivity index (χ4n) is 2.24. The minimum absolute atomic E-state index is 0.0678. The zero-order valence-electron chi connectivity index (χ0n) is 13.1. The maximum absolute atomic E-state index is 12.6. The Kier molecular flexibility index (Phi) is 4.63. The first kappa shape index (κ1) is 16.9. The summed E-state index contributed by atoms with van der Waals surface area (Å²) in [5, 5.41) is 11.3. The Labute approximate surface area is 147 Å². The van der Waals surface area contributed by atoms with E-state index in [0.29, 0.717) is 10.8 Å². The lowest BCUT2D eigenvalue weighted by Gasteiger charge is -2.10. The highest BCUT2D eigenvalue weighted by Crippen LogP contribution is 2.27. The van der Waals surface area contributed by atoms with Crippen molar-refractivity contribution >= 4 is 28.5 Å². The number of fused-ring (bicyclic) bond motifs is 1. The number of carboxylic acid groups (broad SMARTS) is 1. The number of carbonyl (C=O) groups excluding carboxylic acids is 1. The molecule has 0 aliphatic heterocycles. The van der Waals surface area contributed by atoms with Crippen LogP contribution in [0.25, 0.3) is 11.0 Å². The molecule has 25 heavy (non-hydrogen) atoms. The maximum Gasteiger partial charge on any atom is 0.235 e. The summed E-state index contributed by atoms with van der Waals surface area (Å²) in [5.41, 5.74) is -0.0815. The molecule has 0 fully saturated rings. The van der Waals surface area contributed by atoms with Gasteiger partial charge >= 0.3 is 0 Å². The second kappa shape index (κ2) is 6.86. The van der Waals surface area contributed by atoms with Crippen LogP contribution in [0.15, 0.2) is 51.7 Å². The number of ether oxygens (including phenoxy) is 2. The third kappa shape index (κ3) is 3.75. The number of aryl methyl sites for hydroxylation is 1. The molecule has 3 aromatic rings. The minimum atomic E-state index is -1.34. The van der Waals surface area contributed by atoms with Crippen LogP contribution >= 0.6 is 11.6 Å². The molecule has 3 rings (SSSR count). The van der Waals surface area contributed by atoms with Crippen LogP contribution in [-0.4, -0.2) is 12.6 Å². The van der Waals surface area contributed by atoms with Gasteiger partial charge in [-0.1, -0.05) is 11.6 Å². The molecule has 0 saturated heterocycles. The number of rotatable bonds is 5. The summed E-state index contributed by atoms with van der Waals surface area (Å²) in [7, 11) is 0. The van der Waals surface area contributed by atoms with Gasteiger partial charge in [0, 0.05) is 11.1 Å². The summed E-state index contributed by atoms with van der Waals surface area (Å²) in [4.78, 5) is 23.1. The van der Waals surface area contributed by atoms with Crippen molar-refractivity contribution in [2.45, 2.75) is 6.92 Å². The molecule has 0 unspecified atom stereocenters. The lowest BCUT2D eigenvalue weighted by atomic mass is 10.2. The normalized spacial score (nSPS) is 10.6. The number of carboxylic acids is 1. The number of carbonyl (C=O) groups is 1. The summed E-state index contributed by atoms with van der Waals surface area (Å²) in [6.07, 6.45) is 0. The van der Waals surface area contributed by atoms with Crippen LogP contribution in [0.1, 0.15) is 5.76 Å². The number of halogens is 1. The van der Waals surface area contributed by atoms with Crippen LogP contribution in [0.4, 0.5) is 0 Å². The van der Waals surface area contributed by atoms with Crippen molar-refractivity contribution < 1.29 is 23.8 Å². The van der Waals surface area contributed by atoms with Gasteiger partial charge in [0.1, 0.15) is 29.4 Å². The van der Waals surface area contributed by atoms with Gasteiger partial charge in [-0.15, -0.1) is 0 Å². The van der Waals surface area contributed by atoms with E-state index in [1.807, 2.05) is 0 Å². The Morgan fingerprint density at radius 3 is 2.52 bits per heavy atom. The van der Waals surface area contributed by atoms with E-state index in [2.05, 4.69) is 0 Å². The summed E-state index contributed by atoms with van der Waals surface area (Å²) in [6, 6.07) is 11.0. The van der Waals surface area contributed by atoms with Crippen molar-refractivity contribution in [2.75, 3.05) is 6.61 Å². The highest BCUT2D eigenvalue weighted by Gasteiger charge is 2.14. The SMILES string of the molecule is Cc1oc2cc(OCC(=O)[O-])ccc2c(=O)c1Oc1ccc(Cl)cc1. The molecule has 2 aromatic carbocycles. The Morgan fingerprint density at radius 1 is 1.16 bits per heavy atom. The van der Waals surface area contributed by atoms with E-state index in [4.69, 9.17) is 25.5 Å². The molecule has 0 radical (unpaired) electrons. The largest absolute Gasteiger partial charge is 0.546 e. The molecule has 0 saturated carbocycles. The molecular weight excluding hydrogens is 348 g/mol. The smallest absolute Gasteiger partial charge is 0.235 e. The first-order chi connectivity index (χ1) is 11.9. The highest BCUT2D eigenvalue weighted by atomic mass is 35.5. The predicted molar refractivity (Wildman–Crippen MR) is 89.2 cm³/mol. The number of hydrogen-bond donors (Lipinski definition) is 0. The molecule has 0 aliphatic carbocycles. The van der Waals surface area contributed by atoms with Crippen molar-refractivity contribution in [3.63, 3.8) is 0 Å². The molecule has 1 aromatic heterocycles. The molecule has 0 aliphatic rings.